The number of rotatable bonds is 2. The Labute approximate surface area is 160 Å². The molecule has 4 nitrogen and oxygen atoms in total. The molecule has 0 saturated carbocycles. The molecule has 5 heteroatoms. The fourth-order valence-corrected chi connectivity index (χ4v) is 4.41. The van der Waals surface area contributed by atoms with E-state index in [1.165, 1.54) is 23.3 Å². The van der Waals surface area contributed by atoms with Crippen molar-refractivity contribution in [3.8, 4) is 0 Å². The predicted octanol–water partition coefficient (Wildman–Crippen LogP) is 4.54. The van der Waals surface area contributed by atoms with E-state index in [0.29, 0.717) is 12.2 Å². The molecule has 0 atom stereocenters. The van der Waals surface area contributed by atoms with Crippen molar-refractivity contribution in [3.63, 3.8) is 0 Å². The molecule has 1 N–H and O–H groups in total. The Morgan fingerprint density at radius 3 is 2.52 bits per heavy atom. The van der Waals surface area contributed by atoms with Gasteiger partial charge < -0.3 is 10.2 Å². The van der Waals surface area contributed by atoms with Gasteiger partial charge in [0.2, 0.25) is 0 Å². The molecule has 142 valence electrons. The van der Waals surface area contributed by atoms with E-state index in [1.807, 2.05) is 4.90 Å². The number of aryl methyl sites for hydroxylation is 1. The fourth-order valence-electron chi connectivity index (χ4n) is 4.41. The second kappa shape index (κ2) is 6.97. The minimum absolute atomic E-state index is 0.0349. The number of hydrogen-bond donors (Lipinski definition) is 1. The molecule has 2 aliphatic heterocycles. The van der Waals surface area contributed by atoms with E-state index >= 15 is 0 Å². The number of hydrogen-bond acceptors (Lipinski definition) is 2. The quantitative estimate of drug-likeness (QED) is 0.846. The van der Waals surface area contributed by atoms with Crippen molar-refractivity contribution < 1.29 is 9.18 Å². The maximum Gasteiger partial charge on any atom is 0.326 e. The molecule has 2 heterocycles. The van der Waals surface area contributed by atoms with Crippen LogP contribution in [-0.4, -0.2) is 37.1 Å². The molecule has 0 aliphatic carbocycles. The number of anilines is 2. The lowest BCUT2D eigenvalue weighted by molar-refractivity contribution is 0.173. The molecule has 0 radical (unpaired) electrons. The van der Waals surface area contributed by atoms with E-state index in [1.54, 1.807) is 12.1 Å². The van der Waals surface area contributed by atoms with Gasteiger partial charge in [0, 0.05) is 23.3 Å². The van der Waals surface area contributed by atoms with Crippen LogP contribution < -0.4 is 10.2 Å². The summed E-state index contributed by atoms with van der Waals surface area (Å²) in [6.07, 6.45) is 2.13. The number of amides is 2. The van der Waals surface area contributed by atoms with Gasteiger partial charge in [0.15, 0.2) is 0 Å². The van der Waals surface area contributed by atoms with E-state index in [2.05, 4.69) is 42.3 Å². The Kier molecular flexibility index (Phi) is 4.64. The van der Waals surface area contributed by atoms with Gasteiger partial charge in [-0.05, 0) is 75.3 Å². The molecule has 0 unspecified atom stereocenters. The first-order chi connectivity index (χ1) is 13.0. The zero-order chi connectivity index (χ0) is 19.0. The van der Waals surface area contributed by atoms with Crippen LogP contribution in [0.5, 0.6) is 0 Å². The maximum atomic E-state index is 13.1. The lowest BCUT2D eigenvalue weighted by Gasteiger charge is -2.39. The van der Waals surface area contributed by atoms with Crippen molar-refractivity contribution in [3.05, 3.63) is 59.4 Å². The van der Waals surface area contributed by atoms with E-state index < -0.39 is 0 Å². The second-order valence-electron chi connectivity index (χ2n) is 7.76. The standard InChI is InChI=1S/C22H26FN3O/c1-3-25-12-10-22(11-13-25)15-26(20-9-4-16(2)14-19(20)22)21(27)24-18-7-5-17(23)6-8-18/h4-9,14H,3,10-13,15H2,1-2H3,(H,24,27). The zero-order valence-electron chi connectivity index (χ0n) is 16.0. The van der Waals surface area contributed by atoms with E-state index in [-0.39, 0.29) is 17.3 Å². The van der Waals surface area contributed by atoms with Crippen LogP contribution in [0.25, 0.3) is 0 Å². The van der Waals surface area contributed by atoms with Crippen LogP contribution in [0.3, 0.4) is 0 Å². The summed E-state index contributed by atoms with van der Waals surface area (Å²) in [5, 5.41) is 2.92. The zero-order valence-corrected chi connectivity index (χ0v) is 16.0. The highest BCUT2D eigenvalue weighted by atomic mass is 19.1. The molecule has 1 saturated heterocycles. The van der Waals surface area contributed by atoms with Gasteiger partial charge in [-0.2, -0.15) is 0 Å². The largest absolute Gasteiger partial charge is 0.326 e. The van der Waals surface area contributed by atoms with Gasteiger partial charge in [0.25, 0.3) is 0 Å². The molecular formula is C22H26FN3O. The first kappa shape index (κ1) is 18.0. The normalized spacial score (nSPS) is 18.6. The van der Waals surface area contributed by atoms with Gasteiger partial charge in [-0.15, -0.1) is 0 Å². The summed E-state index contributed by atoms with van der Waals surface area (Å²) in [4.78, 5) is 17.3. The van der Waals surface area contributed by atoms with Crippen molar-refractivity contribution in [1.29, 1.82) is 0 Å². The molecule has 1 fully saturated rings. The molecule has 0 aromatic heterocycles. The van der Waals surface area contributed by atoms with Gasteiger partial charge in [-0.1, -0.05) is 24.6 Å². The number of likely N-dealkylation sites (tertiary alicyclic amines) is 1. The lowest BCUT2D eigenvalue weighted by atomic mass is 9.74. The third kappa shape index (κ3) is 3.32. The summed E-state index contributed by atoms with van der Waals surface area (Å²) in [6.45, 7) is 8.22. The van der Waals surface area contributed by atoms with E-state index in [4.69, 9.17) is 0 Å². The van der Waals surface area contributed by atoms with Crippen LogP contribution in [0.2, 0.25) is 0 Å². The molecule has 2 aliphatic rings. The number of urea groups is 1. The Bertz CT molecular complexity index is 841. The minimum Gasteiger partial charge on any atom is -0.308 e. The van der Waals surface area contributed by atoms with Gasteiger partial charge in [0.05, 0.1) is 0 Å². The van der Waals surface area contributed by atoms with Crippen LogP contribution >= 0.6 is 0 Å². The van der Waals surface area contributed by atoms with E-state index in [0.717, 1.165) is 38.2 Å². The van der Waals surface area contributed by atoms with Gasteiger partial charge >= 0.3 is 6.03 Å². The van der Waals surface area contributed by atoms with Crippen molar-refractivity contribution in [2.45, 2.75) is 32.1 Å². The highest BCUT2D eigenvalue weighted by Crippen LogP contribution is 2.47. The third-order valence-electron chi connectivity index (χ3n) is 6.08. The molecule has 2 aromatic carbocycles. The average molecular weight is 367 g/mol. The number of nitrogens with one attached hydrogen (secondary N) is 1. The first-order valence-corrected chi connectivity index (χ1v) is 9.68. The molecular weight excluding hydrogens is 341 g/mol. The maximum absolute atomic E-state index is 13.1. The van der Waals surface area contributed by atoms with Crippen LogP contribution in [0, 0.1) is 12.7 Å². The monoisotopic (exact) mass is 367 g/mol. The molecule has 1 spiro atoms. The van der Waals surface area contributed by atoms with Crippen LogP contribution in [-0.2, 0) is 5.41 Å². The van der Waals surface area contributed by atoms with Crippen LogP contribution in [0.4, 0.5) is 20.6 Å². The number of nitrogens with zero attached hydrogens (tertiary/aromatic N) is 2. The highest BCUT2D eigenvalue weighted by Gasteiger charge is 2.46. The van der Waals surface area contributed by atoms with Crippen molar-refractivity contribution in [2.75, 3.05) is 36.4 Å². The topological polar surface area (TPSA) is 35.6 Å². The Hall–Kier alpha value is -2.40. The summed E-state index contributed by atoms with van der Waals surface area (Å²) < 4.78 is 13.1. The smallest absolute Gasteiger partial charge is 0.308 e. The number of carbonyl (C=O) groups is 1. The lowest BCUT2D eigenvalue weighted by Crippen LogP contribution is -2.46. The van der Waals surface area contributed by atoms with Crippen molar-refractivity contribution in [2.24, 2.45) is 0 Å². The van der Waals surface area contributed by atoms with Crippen LogP contribution in [0.1, 0.15) is 30.9 Å². The molecule has 2 amide bonds. The first-order valence-electron chi connectivity index (χ1n) is 9.68. The summed E-state index contributed by atoms with van der Waals surface area (Å²) in [7, 11) is 0. The Morgan fingerprint density at radius 2 is 1.85 bits per heavy atom. The third-order valence-corrected chi connectivity index (χ3v) is 6.08. The summed E-state index contributed by atoms with van der Waals surface area (Å²) in [6, 6.07) is 12.1. The van der Waals surface area contributed by atoms with E-state index in [9.17, 15) is 9.18 Å². The number of halogens is 1. The molecule has 4 rings (SSSR count). The van der Waals surface area contributed by atoms with Gasteiger partial charge in [0.1, 0.15) is 5.82 Å². The van der Waals surface area contributed by atoms with Crippen molar-refractivity contribution >= 4 is 17.4 Å². The number of piperidine rings is 1. The van der Waals surface area contributed by atoms with Crippen LogP contribution in [0.15, 0.2) is 42.5 Å². The summed E-state index contributed by atoms with van der Waals surface area (Å²) in [5.74, 6) is -0.309. The molecule has 27 heavy (non-hydrogen) atoms. The van der Waals surface area contributed by atoms with Gasteiger partial charge in [-0.3, -0.25) is 4.90 Å². The number of benzene rings is 2. The molecule has 2 aromatic rings. The predicted molar refractivity (Wildman–Crippen MR) is 107 cm³/mol. The molecule has 0 bridgehead atoms. The number of fused-ring (bicyclic) bond motifs is 2. The summed E-state index contributed by atoms with van der Waals surface area (Å²) in [5.41, 5.74) is 4.17. The fraction of sp³-hybridized carbons (Fsp3) is 0.409. The van der Waals surface area contributed by atoms with Crippen molar-refractivity contribution in [1.82, 2.24) is 4.90 Å². The van der Waals surface area contributed by atoms with Gasteiger partial charge in [-0.25, -0.2) is 9.18 Å². The summed E-state index contributed by atoms with van der Waals surface area (Å²) >= 11 is 0. The average Bonchev–Trinajstić information content (AvgIpc) is 2.98. The number of carbonyl (C=O) groups excluding carboxylic acids is 1. The Balaban J connectivity index is 1.61. The SMILES string of the molecule is CCN1CCC2(CC1)CN(C(=O)Nc1ccc(F)cc1)c1ccc(C)cc12. The minimum atomic E-state index is -0.309. The Morgan fingerprint density at radius 1 is 1.15 bits per heavy atom. The highest BCUT2D eigenvalue weighted by molar-refractivity contribution is 6.03. The second-order valence-corrected chi connectivity index (χ2v) is 7.76.